The lowest BCUT2D eigenvalue weighted by atomic mass is 10.0. The number of hydrogen-bond donors (Lipinski definition) is 1. The number of carbonyl (C=O) groups is 2. The molecule has 2 aliphatic rings. The molecule has 3 heterocycles. The molecule has 2 aliphatic heterocycles. The Kier molecular flexibility index (Phi) is 8.32. The Morgan fingerprint density at radius 3 is 2.57 bits per heavy atom. The van der Waals surface area contributed by atoms with E-state index in [9.17, 15) is 27.6 Å². The maximum absolute atomic E-state index is 14.2. The van der Waals surface area contributed by atoms with Crippen LogP contribution in [0.5, 0.6) is 5.75 Å². The Bertz CT molecular complexity index is 1590. The zero-order valence-electron chi connectivity index (χ0n) is 23.0. The Labute approximate surface area is 239 Å². The number of oxime groups is 1. The summed E-state index contributed by atoms with van der Waals surface area (Å²) in [5.41, 5.74) is -0.428. The third-order valence-corrected chi connectivity index (χ3v) is 7.37. The third-order valence-electron chi connectivity index (χ3n) is 7.37. The maximum atomic E-state index is 14.2. The second kappa shape index (κ2) is 12.1. The van der Waals surface area contributed by atoms with Gasteiger partial charge in [-0.1, -0.05) is 35.5 Å². The summed E-state index contributed by atoms with van der Waals surface area (Å²) in [7, 11) is 0. The smallest absolute Gasteiger partial charge is 0.274 e. The average Bonchev–Trinajstić information content (AvgIpc) is 2.95. The molecule has 2 aromatic carbocycles. The quantitative estimate of drug-likeness (QED) is 0.466. The Hall–Kier alpha value is -4.61. The molecule has 220 valence electrons. The second-order valence-electron chi connectivity index (χ2n) is 10.4. The van der Waals surface area contributed by atoms with E-state index in [0.29, 0.717) is 37.3 Å². The van der Waals surface area contributed by atoms with E-state index in [1.807, 2.05) is 13.0 Å². The van der Waals surface area contributed by atoms with Gasteiger partial charge in [0.1, 0.15) is 36.2 Å². The van der Waals surface area contributed by atoms with Crippen molar-refractivity contribution in [1.29, 1.82) is 0 Å². The number of nitrogens with zero attached hydrogens (tertiary/aromatic N) is 3. The number of benzene rings is 2. The van der Waals surface area contributed by atoms with Crippen LogP contribution in [0.1, 0.15) is 64.7 Å². The summed E-state index contributed by atoms with van der Waals surface area (Å²) in [6.45, 7) is 3.56. The number of carbonyl (C=O) groups excluding carboxylic acids is 2. The molecule has 0 saturated carbocycles. The van der Waals surface area contributed by atoms with E-state index in [-0.39, 0.29) is 36.2 Å². The monoisotopic (exact) mass is 582 g/mol. The van der Waals surface area contributed by atoms with Crippen molar-refractivity contribution in [2.24, 2.45) is 5.16 Å². The highest BCUT2D eigenvalue weighted by Gasteiger charge is 2.38. The molecule has 0 radical (unpaired) electrons. The van der Waals surface area contributed by atoms with E-state index >= 15 is 0 Å². The summed E-state index contributed by atoms with van der Waals surface area (Å²) >= 11 is 0. The van der Waals surface area contributed by atoms with Crippen LogP contribution in [0, 0.1) is 17.5 Å². The average molecular weight is 583 g/mol. The van der Waals surface area contributed by atoms with Crippen molar-refractivity contribution >= 4 is 17.5 Å². The fourth-order valence-corrected chi connectivity index (χ4v) is 5.13. The number of aromatic nitrogens is 1. The van der Waals surface area contributed by atoms with Gasteiger partial charge in [-0.2, -0.15) is 0 Å². The Morgan fingerprint density at radius 1 is 1.14 bits per heavy atom. The SMILES string of the molecule is C/C1=N/OCC[C@H](C)N2C[C@H](C1)n1cc(C(=O)NCc3c(F)cc(F)cc3F)c(=O)c(OCc3ccccc3)c1C2=O. The van der Waals surface area contributed by atoms with Crippen molar-refractivity contribution < 1.29 is 32.3 Å². The maximum Gasteiger partial charge on any atom is 0.274 e. The largest absolute Gasteiger partial charge is 0.483 e. The number of fused-ring (bicyclic) bond motifs is 4. The van der Waals surface area contributed by atoms with Crippen LogP contribution in [0.15, 0.2) is 58.6 Å². The zero-order valence-corrected chi connectivity index (χ0v) is 23.0. The standard InChI is InChI=1S/C30H29F3N4O5/c1-17-10-21-14-36(18(2)8-9-42-35-17)30(40)26-28(41-16-19-6-4-3-5-7-19)27(38)23(15-37(21)26)29(39)34-13-22-24(32)11-20(31)12-25(22)33/h3-7,11-12,15,18,21H,8-10,13-14,16H2,1-2H3,(H,34,39)/b35-17-/t18-,21-/m0/s1. The molecule has 0 saturated heterocycles. The van der Waals surface area contributed by atoms with Gasteiger partial charge in [-0.3, -0.25) is 14.4 Å². The van der Waals surface area contributed by atoms with Gasteiger partial charge in [0.25, 0.3) is 11.8 Å². The van der Waals surface area contributed by atoms with Crippen molar-refractivity contribution in [3.63, 3.8) is 0 Å². The minimum absolute atomic E-state index is 0.000460. The summed E-state index contributed by atoms with van der Waals surface area (Å²) in [6.07, 6.45) is 2.12. The number of pyridine rings is 1. The highest BCUT2D eigenvalue weighted by atomic mass is 19.1. The van der Waals surface area contributed by atoms with Crippen LogP contribution in [-0.2, 0) is 18.0 Å². The number of hydrogen-bond acceptors (Lipinski definition) is 6. The van der Waals surface area contributed by atoms with Gasteiger partial charge < -0.3 is 24.4 Å². The lowest BCUT2D eigenvalue weighted by Gasteiger charge is -2.40. The first kappa shape index (κ1) is 28.9. The van der Waals surface area contributed by atoms with Crippen molar-refractivity contribution in [2.75, 3.05) is 13.2 Å². The third kappa shape index (κ3) is 5.88. The van der Waals surface area contributed by atoms with Gasteiger partial charge in [0.2, 0.25) is 5.43 Å². The highest BCUT2D eigenvalue weighted by Crippen LogP contribution is 2.32. The molecule has 12 heteroatoms. The van der Waals surface area contributed by atoms with Crippen LogP contribution < -0.4 is 15.5 Å². The van der Waals surface area contributed by atoms with Gasteiger partial charge in [0.05, 0.1) is 11.8 Å². The van der Waals surface area contributed by atoms with E-state index in [0.717, 1.165) is 5.56 Å². The molecule has 1 N–H and O–H groups in total. The molecule has 1 aromatic heterocycles. The van der Waals surface area contributed by atoms with Crippen molar-refractivity contribution in [3.05, 3.63) is 98.7 Å². The number of halogens is 3. The molecule has 0 aliphatic carbocycles. The molecule has 0 fully saturated rings. The molecule has 0 spiro atoms. The lowest BCUT2D eigenvalue weighted by molar-refractivity contribution is 0.0493. The number of ether oxygens (including phenoxy) is 1. The van der Waals surface area contributed by atoms with Crippen LogP contribution in [0.25, 0.3) is 0 Å². The van der Waals surface area contributed by atoms with E-state index < -0.39 is 52.8 Å². The van der Waals surface area contributed by atoms with Gasteiger partial charge in [-0.25, -0.2) is 13.2 Å². The molecule has 3 aromatic rings. The summed E-state index contributed by atoms with van der Waals surface area (Å²) in [5, 5.41) is 6.49. The van der Waals surface area contributed by atoms with Crippen LogP contribution in [0.2, 0.25) is 0 Å². The molecular formula is C30H29F3N4O5. The van der Waals surface area contributed by atoms with Crippen LogP contribution in [-0.4, -0.2) is 46.2 Å². The van der Waals surface area contributed by atoms with Crippen molar-refractivity contribution in [1.82, 2.24) is 14.8 Å². The molecule has 5 rings (SSSR count). The number of amides is 2. The second-order valence-corrected chi connectivity index (χ2v) is 10.4. The van der Waals surface area contributed by atoms with Gasteiger partial charge in [0.15, 0.2) is 11.4 Å². The van der Waals surface area contributed by atoms with E-state index in [2.05, 4.69) is 10.5 Å². The van der Waals surface area contributed by atoms with Gasteiger partial charge in [-0.15, -0.1) is 0 Å². The van der Waals surface area contributed by atoms with E-state index in [1.165, 1.54) is 6.20 Å². The molecule has 2 amide bonds. The number of rotatable bonds is 6. The molecule has 2 bridgehead atoms. The number of nitrogens with one attached hydrogen (secondary N) is 1. The van der Waals surface area contributed by atoms with Gasteiger partial charge in [0, 0.05) is 55.9 Å². The van der Waals surface area contributed by atoms with Crippen LogP contribution >= 0.6 is 0 Å². The van der Waals surface area contributed by atoms with Crippen LogP contribution in [0.3, 0.4) is 0 Å². The zero-order chi connectivity index (χ0) is 30.0. The highest BCUT2D eigenvalue weighted by molar-refractivity contribution is 5.99. The van der Waals surface area contributed by atoms with Gasteiger partial charge in [-0.05, 0) is 19.4 Å². The molecule has 0 unspecified atom stereocenters. The Morgan fingerprint density at radius 2 is 1.86 bits per heavy atom. The summed E-state index contributed by atoms with van der Waals surface area (Å²) in [6, 6.07) is 9.33. The molecule has 2 atom stereocenters. The Balaban J connectivity index is 1.58. The minimum atomic E-state index is -1.18. The van der Waals surface area contributed by atoms with Crippen LogP contribution in [0.4, 0.5) is 13.2 Å². The predicted octanol–water partition coefficient (Wildman–Crippen LogP) is 4.35. The fourth-order valence-electron chi connectivity index (χ4n) is 5.13. The van der Waals surface area contributed by atoms with Crippen molar-refractivity contribution in [3.8, 4) is 5.75 Å². The summed E-state index contributed by atoms with van der Waals surface area (Å²) < 4.78 is 49.3. The van der Waals surface area contributed by atoms with E-state index in [4.69, 9.17) is 9.57 Å². The normalized spacial score (nSPS) is 19.7. The molecule has 9 nitrogen and oxygen atoms in total. The van der Waals surface area contributed by atoms with E-state index in [1.54, 1.807) is 40.7 Å². The topological polar surface area (TPSA) is 102 Å². The predicted molar refractivity (Wildman–Crippen MR) is 147 cm³/mol. The first-order chi connectivity index (χ1) is 20.1. The minimum Gasteiger partial charge on any atom is -0.483 e. The lowest BCUT2D eigenvalue weighted by Crippen LogP contribution is -2.50. The molecule has 42 heavy (non-hydrogen) atoms. The van der Waals surface area contributed by atoms with Crippen molar-refractivity contribution in [2.45, 2.75) is 51.9 Å². The first-order valence-electron chi connectivity index (χ1n) is 13.5. The summed E-state index contributed by atoms with van der Waals surface area (Å²) in [5.74, 6) is -5.15. The fraction of sp³-hybridized carbons (Fsp3) is 0.333. The molecular weight excluding hydrogens is 553 g/mol. The van der Waals surface area contributed by atoms with Gasteiger partial charge >= 0.3 is 0 Å². The summed E-state index contributed by atoms with van der Waals surface area (Å²) in [4.78, 5) is 48.0. The first-order valence-corrected chi connectivity index (χ1v) is 13.5.